The molecule has 0 bridgehead atoms. The van der Waals surface area contributed by atoms with Crippen LogP contribution in [0.3, 0.4) is 0 Å². The molecule has 0 fully saturated rings. The molecule has 4 rings (SSSR count). The zero-order valence-corrected chi connectivity index (χ0v) is 15.4. The molecule has 6 nitrogen and oxygen atoms in total. The summed E-state index contributed by atoms with van der Waals surface area (Å²) in [7, 11) is 0. The van der Waals surface area contributed by atoms with Crippen LogP contribution in [0.2, 0.25) is 0 Å². The molecule has 1 atom stereocenters. The second-order valence-corrected chi connectivity index (χ2v) is 6.93. The lowest BCUT2D eigenvalue weighted by Gasteiger charge is -2.16. The van der Waals surface area contributed by atoms with Crippen molar-refractivity contribution in [2.24, 2.45) is 0 Å². The first kappa shape index (κ1) is 16.5. The van der Waals surface area contributed by atoms with Crippen molar-refractivity contribution in [2.75, 3.05) is 11.9 Å². The third-order valence-electron chi connectivity index (χ3n) is 3.97. The molecule has 0 saturated heterocycles. The van der Waals surface area contributed by atoms with E-state index in [1.54, 1.807) is 15.9 Å². The average Bonchev–Trinajstić information content (AvgIpc) is 3.30. The molecule has 4 aromatic rings. The Hall–Kier alpha value is -2.93. The topological polar surface area (TPSA) is 64.3 Å². The molecule has 0 spiro atoms. The van der Waals surface area contributed by atoms with E-state index in [0.29, 0.717) is 6.54 Å². The highest BCUT2D eigenvalue weighted by Crippen LogP contribution is 2.21. The molecule has 0 saturated carbocycles. The van der Waals surface area contributed by atoms with Gasteiger partial charge in [0.2, 0.25) is 0 Å². The predicted octanol–water partition coefficient (Wildman–Crippen LogP) is 4.04. The molecule has 7 heteroatoms. The van der Waals surface area contributed by atoms with Crippen molar-refractivity contribution in [1.82, 2.24) is 19.8 Å². The second kappa shape index (κ2) is 7.13. The van der Waals surface area contributed by atoms with E-state index in [-0.39, 0.29) is 6.10 Å². The van der Waals surface area contributed by atoms with Crippen molar-refractivity contribution in [1.29, 1.82) is 0 Å². The first-order chi connectivity index (χ1) is 12.7. The van der Waals surface area contributed by atoms with E-state index in [1.165, 1.54) is 5.56 Å². The van der Waals surface area contributed by atoms with Crippen molar-refractivity contribution in [2.45, 2.75) is 20.0 Å². The molecule has 3 heterocycles. The van der Waals surface area contributed by atoms with Gasteiger partial charge in [-0.15, -0.1) is 15.3 Å². The number of hydrogen-bond acceptors (Lipinski definition) is 6. The van der Waals surface area contributed by atoms with Crippen LogP contribution in [0, 0.1) is 6.92 Å². The molecule has 132 valence electrons. The Labute approximate surface area is 155 Å². The second-order valence-electron chi connectivity index (χ2n) is 6.15. The summed E-state index contributed by atoms with van der Waals surface area (Å²) in [6, 6.07) is 13.9. The molecule has 26 heavy (non-hydrogen) atoms. The van der Waals surface area contributed by atoms with Gasteiger partial charge >= 0.3 is 0 Å². The minimum atomic E-state index is 0.00691. The number of thiophene rings is 1. The quantitative estimate of drug-likeness (QED) is 0.559. The fourth-order valence-corrected chi connectivity index (χ4v) is 3.23. The van der Waals surface area contributed by atoms with Crippen LogP contribution < -0.4 is 10.1 Å². The number of anilines is 1. The van der Waals surface area contributed by atoms with E-state index in [0.717, 1.165) is 28.6 Å². The first-order valence-electron chi connectivity index (χ1n) is 8.41. The Morgan fingerprint density at radius 2 is 1.96 bits per heavy atom. The maximum atomic E-state index is 5.93. The van der Waals surface area contributed by atoms with Crippen LogP contribution in [0.4, 0.5) is 5.82 Å². The van der Waals surface area contributed by atoms with E-state index in [9.17, 15) is 0 Å². The lowest BCUT2D eigenvalue weighted by Crippen LogP contribution is -2.23. The highest BCUT2D eigenvalue weighted by molar-refractivity contribution is 7.08. The lowest BCUT2D eigenvalue weighted by molar-refractivity contribution is 0.234. The normalized spacial score (nSPS) is 12.2. The van der Waals surface area contributed by atoms with Crippen LogP contribution in [0.5, 0.6) is 5.75 Å². The largest absolute Gasteiger partial charge is 0.489 e. The molecule has 0 amide bonds. The molecule has 3 aromatic heterocycles. The number of benzene rings is 1. The van der Waals surface area contributed by atoms with E-state index < -0.39 is 0 Å². The van der Waals surface area contributed by atoms with Crippen molar-refractivity contribution >= 4 is 22.8 Å². The average molecular weight is 365 g/mol. The summed E-state index contributed by atoms with van der Waals surface area (Å²) in [6.45, 7) is 4.73. The van der Waals surface area contributed by atoms with Crippen molar-refractivity contribution < 1.29 is 4.74 Å². The van der Waals surface area contributed by atoms with Gasteiger partial charge in [0.05, 0.1) is 6.54 Å². The van der Waals surface area contributed by atoms with Crippen LogP contribution in [-0.4, -0.2) is 32.5 Å². The van der Waals surface area contributed by atoms with Gasteiger partial charge in [-0.3, -0.25) is 0 Å². The molecule has 0 radical (unpaired) electrons. The van der Waals surface area contributed by atoms with E-state index in [2.05, 4.69) is 27.5 Å². The monoisotopic (exact) mass is 365 g/mol. The van der Waals surface area contributed by atoms with Crippen molar-refractivity contribution in [3.63, 3.8) is 0 Å². The summed E-state index contributed by atoms with van der Waals surface area (Å²) in [6.07, 6.45) is 0.00691. The highest BCUT2D eigenvalue weighted by Gasteiger charge is 2.11. The summed E-state index contributed by atoms with van der Waals surface area (Å²) < 4.78 is 7.69. The lowest BCUT2D eigenvalue weighted by atomic mass is 10.2. The number of nitrogens with one attached hydrogen (secondary N) is 1. The van der Waals surface area contributed by atoms with Gasteiger partial charge < -0.3 is 10.1 Å². The summed E-state index contributed by atoms with van der Waals surface area (Å²) in [5.41, 5.74) is 2.96. The van der Waals surface area contributed by atoms with Crippen LogP contribution >= 0.6 is 11.3 Å². The van der Waals surface area contributed by atoms with E-state index >= 15 is 0 Å². The minimum Gasteiger partial charge on any atom is -0.489 e. The molecular weight excluding hydrogens is 346 g/mol. The van der Waals surface area contributed by atoms with Gasteiger partial charge in [-0.05, 0) is 49.6 Å². The Kier molecular flexibility index (Phi) is 4.53. The van der Waals surface area contributed by atoms with Gasteiger partial charge in [-0.1, -0.05) is 17.7 Å². The van der Waals surface area contributed by atoms with Gasteiger partial charge in [0.25, 0.3) is 0 Å². The smallest absolute Gasteiger partial charge is 0.186 e. The van der Waals surface area contributed by atoms with Gasteiger partial charge in [0.1, 0.15) is 17.7 Å². The Bertz CT molecular complexity index is 995. The number of nitrogens with zero attached hydrogens (tertiary/aromatic N) is 4. The number of aryl methyl sites for hydroxylation is 1. The summed E-state index contributed by atoms with van der Waals surface area (Å²) in [5, 5.41) is 20.4. The van der Waals surface area contributed by atoms with Crippen LogP contribution in [-0.2, 0) is 0 Å². The van der Waals surface area contributed by atoms with Crippen LogP contribution in [0.1, 0.15) is 12.5 Å². The van der Waals surface area contributed by atoms with Gasteiger partial charge in [-0.2, -0.15) is 15.9 Å². The number of rotatable bonds is 6. The SMILES string of the molecule is Cc1ccc(OC(C)CNc2ccc3nnc(-c4ccsc4)n3n2)cc1. The van der Waals surface area contributed by atoms with Crippen LogP contribution in [0.15, 0.2) is 53.2 Å². The van der Waals surface area contributed by atoms with Gasteiger partial charge in [0, 0.05) is 10.9 Å². The zero-order chi connectivity index (χ0) is 17.9. The molecule has 0 aliphatic carbocycles. The predicted molar refractivity (Wildman–Crippen MR) is 104 cm³/mol. The summed E-state index contributed by atoms with van der Waals surface area (Å²) in [5.74, 6) is 2.37. The molecule has 1 N–H and O–H groups in total. The third kappa shape index (κ3) is 3.52. The maximum Gasteiger partial charge on any atom is 0.186 e. The highest BCUT2D eigenvalue weighted by atomic mass is 32.1. The van der Waals surface area contributed by atoms with Crippen LogP contribution in [0.25, 0.3) is 17.0 Å². The zero-order valence-electron chi connectivity index (χ0n) is 14.6. The molecular formula is C19H19N5OS. The summed E-state index contributed by atoms with van der Waals surface area (Å²) in [4.78, 5) is 0. The maximum absolute atomic E-state index is 5.93. The molecule has 0 aliphatic rings. The molecule has 1 aromatic carbocycles. The first-order valence-corrected chi connectivity index (χ1v) is 9.35. The Balaban J connectivity index is 1.45. The number of aromatic nitrogens is 4. The molecule has 0 aliphatic heterocycles. The standard InChI is InChI=1S/C19H19N5OS/c1-13-3-5-16(6-4-13)25-14(2)11-20-17-7-8-18-21-22-19(24(18)23-17)15-9-10-26-12-15/h3-10,12,14H,11H2,1-2H3,(H,20,23). The van der Waals surface area contributed by atoms with Crippen molar-refractivity contribution in [3.05, 3.63) is 58.8 Å². The fourth-order valence-electron chi connectivity index (χ4n) is 2.59. The van der Waals surface area contributed by atoms with E-state index in [1.807, 2.05) is 60.1 Å². The number of hydrogen-bond donors (Lipinski definition) is 1. The fraction of sp³-hybridized carbons (Fsp3) is 0.211. The molecule has 1 unspecified atom stereocenters. The number of fused-ring (bicyclic) bond motifs is 1. The third-order valence-corrected chi connectivity index (χ3v) is 4.65. The summed E-state index contributed by atoms with van der Waals surface area (Å²) >= 11 is 1.63. The Morgan fingerprint density at radius 3 is 2.73 bits per heavy atom. The van der Waals surface area contributed by atoms with Gasteiger partial charge in [-0.25, -0.2) is 0 Å². The minimum absolute atomic E-state index is 0.00691. The Morgan fingerprint density at radius 1 is 1.12 bits per heavy atom. The van der Waals surface area contributed by atoms with Gasteiger partial charge in [0.15, 0.2) is 11.5 Å². The number of ether oxygens (including phenoxy) is 1. The van der Waals surface area contributed by atoms with Crippen molar-refractivity contribution in [3.8, 4) is 17.1 Å². The van der Waals surface area contributed by atoms with E-state index in [4.69, 9.17) is 4.74 Å².